The lowest BCUT2D eigenvalue weighted by atomic mass is 10.0. The maximum Gasteiger partial charge on any atom is 0.248 e. The number of amides is 1. The number of hydrogen-bond donors (Lipinski definition) is 0. The van der Waals surface area contributed by atoms with Gasteiger partial charge in [0.1, 0.15) is 11.9 Å². The summed E-state index contributed by atoms with van der Waals surface area (Å²) >= 11 is 0. The second kappa shape index (κ2) is 9.20. The van der Waals surface area contributed by atoms with E-state index in [2.05, 4.69) is 21.2 Å². The second-order valence-electron chi connectivity index (χ2n) is 10.0. The molecule has 0 N–H and O–H groups in total. The summed E-state index contributed by atoms with van der Waals surface area (Å²) in [5.41, 5.74) is 4.71. The van der Waals surface area contributed by atoms with E-state index >= 15 is 0 Å². The molecule has 2 aliphatic rings. The Morgan fingerprint density at radius 2 is 1.87 bits per heavy atom. The Hall–Kier alpha value is -4.33. The molecule has 0 bridgehead atoms. The lowest BCUT2D eigenvalue weighted by molar-refractivity contribution is -0.136. The molecule has 4 aromatic rings. The van der Waals surface area contributed by atoms with Gasteiger partial charge in [0.15, 0.2) is 0 Å². The van der Waals surface area contributed by atoms with Gasteiger partial charge in [-0.3, -0.25) is 9.48 Å². The van der Waals surface area contributed by atoms with E-state index in [0.29, 0.717) is 37.3 Å². The first-order valence-electron chi connectivity index (χ1n) is 12.6. The Balaban J connectivity index is 1.22. The Morgan fingerprint density at radius 3 is 2.50 bits per heavy atom. The lowest BCUT2D eigenvalue weighted by Gasteiger charge is -2.36. The van der Waals surface area contributed by atoms with Crippen LogP contribution in [-0.4, -0.2) is 67.3 Å². The van der Waals surface area contributed by atoms with Gasteiger partial charge in [-0.2, -0.15) is 15.5 Å². The van der Waals surface area contributed by atoms with Crippen LogP contribution in [0.3, 0.4) is 0 Å². The average Bonchev–Trinajstić information content (AvgIpc) is 3.65. The summed E-state index contributed by atoms with van der Waals surface area (Å²) in [5.74, 6) is -2.67. The smallest absolute Gasteiger partial charge is 0.248 e. The fourth-order valence-electron chi connectivity index (χ4n) is 5.46. The molecule has 38 heavy (non-hydrogen) atoms. The first-order valence-corrected chi connectivity index (χ1v) is 12.6. The maximum atomic E-state index is 13.6. The number of nitrogens with zero attached hydrogens (tertiary/aromatic N) is 8. The number of halogens is 2. The number of carbonyl (C=O) groups is 1. The zero-order valence-electron chi connectivity index (χ0n) is 20.9. The molecule has 4 aromatic heterocycles. The third-order valence-electron chi connectivity index (χ3n) is 7.50. The molecule has 1 unspecified atom stereocenters. The Kier molecular flexibility index (Phi) is 5.82. The first kappa shape index (κ1) is 24.0. The number of alkyl halides is 2. The fraction of sp³-hybridized carbons (Fsp3) is 0.370. The summed E-state index contributed by atoms with van der Waals surface area (Å²) in [5, 5.41) is 18.3. The highest BCUT2D eigenvalue weighted by molar-refractivity contribution is 5.87. The minimum atomic E-state index is -2.72. The van der Waals surface area contributed by atoms with Crippen molar-refractivity contribution in [2.45, 2.75) is 25.2 Å². The standard InChI is InChI=1S/C27H26F2N8O/c1-34-16-22(15-32-34)20-10-23(25-21(12-30)14-33-37(25)17-20)19-2-3-24(31-13-19)35-6-8-36(9-7-35)26(38)18-4-5-27(28,29)11-18/h2-3,10,13-18H,4-9,11H2,1H3. The van der Waals surface area contributed by atoms with Gasteiger partial charge in [-0.25, -0.2) is 18.3 Å². The van der Waals surface area contributed by atoms with Gasteiger partial charge in [-0.05, 0) is 24.6 Å². The zero-order valence-corrected chi connectivity index (χ0v) is 20.9. The van der Waals surface area contributed by atoms with E-state index < -0.39 is 11.8 Å². The molecule has 1 amide bonds. The molecule has 0 aromatic carbocycles. The molecule has 0 spiro atoms. The Bertz CT molecular complexity index is 1540. The third kappa shape index (κ3) is 4.36. The van der Waals surface area contributed by atoms with Gasteiger partial charge in [-0.1, -0.05) is 0 Å². The quantitative estimate of drug-likeness (QED) is 0.410. The van der Waals surface area contributed by atoms with Crippen LogP contribution in [0.4, 0.5) is 14.6 Å². The monoisotopic (exact) mass is 516 g/mol. The van der Waals surface area contributed by atoms with E-state index in [1.54, 1.807) is 32.7 Å². The molecule has 1 aliphatic carbocycles. The number of aryl methyl sites for hydroxylation is 1. The van der Waals surface area contributed by atoms with Crippen molar-refractivity contribution in [2.75, 3.05) is 31.1 Å². The van der Waals surface area contributed by atoms with Crippen molar-refractivity contribution in [3.05, 3.63) is 54.7 Å². The fourth-order valence-corrected chi connectivity index (χ4v) is 5.46. The van der Waals surface area contributed by atoms with Crippen LogP contribution in [-0.2, 0) is 11.8 Å². The summed E-state index contributed by atoms with van der Waals surface area (Å²) in [7, 11) is 1.86. The number of pyridine rings is 2. The lowest BCUT2D eigenvalue weighted by Crippen LogP contribution is -2.50. The van der Waals surface area contributed by atoms with Crippen molar-refractivity contribution >= 4 is 17.2 Å². The minimum absolute atomic E-state index is 0.156. The molecular weight excluding hydrogens is 490 g/mol. The summed E-state index contributed by atoms with van der Waals surface area (Å²) < 4.78 is 30.6. The molecule has 194 valence electrons. The zero-order chi connectivity index (χ0) is 26.4. The van der Waals surface area contributed by atoms with Crippen molar-refractivity contribution < 1.29 is 13.6 Å². The van der Waals surface area contributed by atoms with Crippen LogP contribution >= 0.6 is 0 Å². The molecule has 11 heteroatoms. The highest BCUT2D eigenvalue weighted by atomic mass is 19.3. The summed E-state index contributed by atoms with van der Waals surface area (Å²) in [4.78, 5) is 21.2. The molecule has 1 atom stereocenters. The van der Waals surface area contributed by atoms with Crippen molar-refractivity contribution in [1.29, 1.82) is 5.26 Å². The highest BCUT2D eigenvalue weighted by Crippen LogP contribution is 2.40. The summed E-state index contributed by atoms with van der Waals surface area (Å²) in [6.07, 6.45) is 8.64. The number of rotatable bonds is 4. The van der Waals surface area contributed by atoms with Crippen LogP contribution in [0.5, 0.6) is 0 Å². The molecule has 1 saturated carbocycles. The van der Waals surface area contributed by atoms with E-state index in [1.165, 1.54) is 0 Å². The number of anilines is 1. The highest BCUT2D eigenvalue weighted by Gasteiger charge is 2.44. The van der Waals surface area contributed by atoms with Gasteiger partial charge < -0.3 is 9.80 Å². The normalized spacial score (nSPS) is 19.2. The van der Waals surface area contributed by atoms with Gasteiger partial charge in [0, 0.05) is 92.8 Å². The van der Waals surface area contributed by atoms with Crippen molar-refractivity contribution in [3.63, 3.8) is 0 Å². The first-order chi connectivity index (χ1) is 18.3. The van der Waals surface area contributed by atoms with E-state index in [4.69, 9.17) is 4.98 Å². The molecule has 1 aliphatic heterocycles. The van der Waals surface area contributed by atoms with Gasteiger partial charge in [-0.15, -0.1) is 0 Å². The van der Waals surface area contributed by atoms with Crippen LogP contribution in [0.15, 0.2) is 49.2 Å². The number of carbonyl (C=O) groups excluding carboxylic acids is 1. The predicted molar refractivity (Wildman–Crippen MR) is 136 cm³/mol. The number of nitriles is 1. The van der Waals surface area contributed by atoms with Crippen molar-refractivity contribution in [2.24, 2.45) is 13.0 Å². The summed E-state index contributed by atoms with van der Waals surface area (Å²) in [6, 6.07) is 8.14. The topological polar surface area (TPSA) is 95.3 Å². The third-order valence-corrected chi connectivity index (χ3v) is 7.50. The van der Waals surface area contributed by atoms with Gasteiger partial charge in [0.2, 0.25) is 11.8 Å². The number of piperazine rings is 1. The SMILES string of the molecule is Cn1cc(-c2cc(-c3ccc(N4CCN(C(=O)C5CCC(F)(F)C5)CC4)nc3)c3c(C#N)cnn3c2)cn1. The van der Waals surface area contributed by atoms with Gasteiger partial charge in [0.25, 0.3) is 0 Å². The van der Waals surface area contributed by atoms with E-state index in [-0.39, 0.29) is 25.2 Å². The average molecular weight is 517 g/mol. The molecule has 2 fully saturated rings. The number of hydrogen-bond acceptors (Lipinski definition) is 6. The molecule has 6 rings (SSSR count). The Labute approximate surface area is 217 Å². The largest absolute Gasteiger partial charge is 0.353 e. The number of aromatic nitrogens is 5. The van der Waals surface area contributed by atoms with E-state index in [0.717, 1.165) is 28.1 Å². The van der Waals surface area contributed by atoms with Gasteiger partial charge >= 0.3 is 0 Å². The van der Waals surface area contributed by atoms with Crippen molar-refractivity contribution in [1.82, 2.24) is 29.3 Å². The Morgan fingerprint density at radius 1 is 1.05 bits per heavy atom. The minimum Gasteiger partial charge on any atom is -0.353 e. The molecule has 5 heterocycles. The molecule has 1 saturated heterocycles. The number of fused-ring (bicyclic) bond motifs is 1. The molecule has 0 radical (unpaired) electrons. The van der Waals surface area contributed by atoms with Crippen LogP contribution < -0.4 is 4.90 Å². The summed E-state index contributed by atoms with van der Waals surface area (Å²) in [6.45, 7) is 2.14. The van der Waals surface area contributed by atoms with Gasteiger partial charge in [0.05, 0.1) is 23.5 Å². The predicted octanol–water partition coefficient (Wildman–Crippen LogP) is 3.75. The van der Waals surface area contributed by atoms with Crippen LogP contribution in [0.25, 0.3) is 27.8 Å². The van der Waals surface area contributed by atoms with Crippen molar-refractivity contribution in [3.8, 4) is 28.3 Å². The van der Waals surface area contributed by atoms with Crippen LogP contribution in [0.1, 0.15) is 24.8 Å². The molecule has 9 nitrogen and oxygen atoms in total. The second-order valence-corrected chi connectivity index (χ2v) is 10.0. The maximum absolute atomic E-state index is 13.6. The van der Waals surface area contributed by atoms with E-state index in [1.807, 2.05) is 37.6 Å². The van der Waals surface area contributed by atoms with Crippen LogP contribution in [0, 0.1) is 17.2 Å². The molecular formula is C27H26F2N8O. The van der Waals surface area contributed by atoms with Crippen LogP contribution in [0.2, 0.25) is 0 Å². The van der Waals surface area contributed by atoms with E-state index in [9.17, 15) is 18.8 Å².